The Kier molecular flexibility index (Phi) is 4.81. The van der Waals surface area contributed by atoms with Crippen molar-refractivity contribution in [3.8, 4) is 0 Å². The molecule has 5 nitrogen and oxygen atoms in total. The van der Waals surface area contributed by atoms with Crippen molar-refractivity contribution in [1.29, 1.82) is 0 Å². The molecule has 0 spiro atoms. The molecule has 2 N–H and O–H groups in total. The maximum Gasteiger partial charge on any atom is 0.451 e. The Morgan fingerprint density at radius 2 is 2.18 bits per heavy atom. The molecule has 0 fully saturated rings. The van der Waals surface area contributed by atoms with Crippen molar-refractivity contribution >= 4 is 7.12 Å². The van der Waals surface area contributed by atoms with E-state index >= 15 is 0 Å². The van der Waals surface area contributed by atoms with Crippen LogP contribution < -0.4 is 0 Å². The number of rotatable bonds is 5. The molecule has 0 aliphatic carbocycles. The summed E-state index contributed by atoms with van der Waals surface area (Å²) in [5.74, 6) is 0. The average molecular weight is 161 g/mol. The molecule has 0 rings (SSSR count). The van der Waals surface area contributed by atoms with Gasteiger partial charge in [-0.3, -0.25) is 10.1 Å². The van der Waals surface area contributed by atoms with Crippen LogP contribution in [0.5, 0.6) is 0 Å². The minimum atomic E-state index is -1.34. The Morgan fingerprint density at radius 3 is 2.55 bits per heavy atom. The molecule has 0 amide bonds. The van der Waals surface area contributed by atoms with Crippen molar-refractivity contribution < 1.29 is 15.0 Å². The van der Waals surface area contributed by atoms with Gasteiger partial charge in [-0.25, -0.2) is 0 Å². The van der Waals surface area contributed by atoms with E-state index in [-0.39, 0.29) is 11.2 Å². The number of nitro groups is 1. The lowest BCUT2D eigenvalue weighted by Crippen LogP contribution is -2.16. The molecule has 64 valence electrons. The predicted octanol–water partition coefficient (Wildman–Crippen LogP) is -0.0954. The first-order valence-corrected chi connectivity index (χ1v) is 3.53. The Bertz CT molecular complexity index is 130. The fourth-order valence-corrected chi connectivity index (χ4v) is 0.701. The van der Waals surface area contributed by atoms with Gasteiger partial charge in [-0.05, 0) is 12.7 Å². The monoisotopic (exact) mass is 161 g/mol. The second-order valence-electron chi connectivity index (χ2n) is 2.55. The summed E-state index contributed by atoms with van der Waals surface area (Å²) in [6, 6.07) is -0.589. The van der Waals surface area contributed by atoms with Crippen molar-refractivity contribution in [3.63, 3.8) is 0 Å². The molecule has 0 aromatic carbocycles. The van der Waals surface area contributed by atoms with Gasteiger partial charge in [0.1, 0.15) is 0 Å². The lowest BCUT2D eigenvalue weighted by molar-refractivity contribution is -0.518. The van der Waals surface area contributed by atoms with Crippen LogP contribution in [0.4, 0.5) is 0 Å². The molecule has 0 radical (unpaired) electrons. The van der Waals surface area contributed by atoms with Crippen molar-refractivity contribution in [2.75, 3.05) is 0 Å². The zero-order chi connectivity index (χ0) is 8.85. The van der Waals surface area contributed by atoms with E-state index in [0.29, 0.717) is 12.8 Å². The van der Waals surface area contributed by atoms with Crippen LogP contribution in [0.3, 0.4) is 0 Å². The quantitative estimate of drug-likeness (QED) is 0.335. The van der Waals surface area contributed by atoms with E-state index in [1.807, 2.05) is 0 Å². The SMILES string of the molecule is CC(CCCB(O)O)[N+](=O)[O-]. The van der Waals surface area contributed by atoms with E-state index in [4.69, 9.17) is 10.0 Å². The van der Waals surface area contributed by atoms with Crippen LogP contribution >= 0.6 is 0 Å². The van der Waals surface area contributed by atoms with Gasteiger partial charge >= 0.3 is 7.12 Å². The maximum absolute atomic E-state index is 10.1. The van der Waals surface area contributed by atoms with Crippen molar-refractivity contribution in [1.82, 2.24) is 0 Å². The highest BCUT2D eigenvalue weighted by molar-refractivity contribution is 6.40. The summed E-state index contributed by atoms with van der Waals surface area (Å²) < 4.78 is 0. The van der Waals surface area contributed by atoms with Crippen molar-refractivity contribution in [2.45, 2.75) is 32.1 Å². The molecule has 1 atom stereocenters. The van der Waals surface area contributed by atoms with Crippen molar-refractivity contribution in [2.24, 2.45) is 0 Å². The van der Waals surface area contributed by atoms with Crippen LogP contribution in [-0.2, 0) is 0 Å². The highest BCUT2D eigenvalue weighted by Crippen LogP contribution is 2.04. The number of nitrogens with zero attached hydrogens (tertiary/aromatic N) is 1. The third-order valence-corrected chi connectivity index (χ3v) is 1.44. The zero-order valence-electron chi connectivity index (χ0n) is 6.43. The highest BCUT2D eigenvalue weighted by atomic mass is 16.6. The van der Waals surface area contributed by atoms with Gasteiger partial charge in [0.15, 0.2) is 0 Å². The Balaban J connectivity index is 3.31. The normalized spacial score (nSPS) is 12.6. The summed E-state index contributed by atoms with van der Waals surface area (Å²) in [5, 5.41) is 26.8. The van der Waals surface area contributed by atoms with Crippen molar-refractivity contribution in [3.05, 3.63) is 10.1 Å². The van der Waals surface area contributed by atoms with Crippen LogP contribution in [0.25, 0.3) is 0 Å². The first-order chi connectivity index (χ1) is 5.04. The summed E-state index contributed by atoms with van der Waals surface area (Å²) >= 11 is 0. The lowest BCUT2D eigenvalue weighted by Gasteiger charge is -2.01. The van der Waals surface area contributed by atoms with Gasteiger partial charge in [0.2, 0.25) is 6.04 Å². The molecule has 6 heteroatoms. The van der Waals surface area contributed by atoms with Crippen LogP contribution in [0.2, 0.25) is 6.32 Å². The lowest BCUT2D eigenvalue weighted by atomic mass is 9.83. The molecule has 0 saturated carbocycles. The summed E-state index contributed by atoms with van der Waals surface area (Å²) in [4.78, 5) is 9.68. The van der Waals surface area contributed by atoms with Crippen LogP contribution in [-0.4, -0.2) is 28.1 Å². The number of hydrogen-bond donors (Lipinski definition) is 2. The van der Waals surface area contributed by atoms with E-state index in [9.17, 15) is 10.1 Å². The average Bonchev–Trinajstić information content (AvgIpc) is 1.86. The molecular weight excluding hydrogens is 149 g/mol. The van der Waals surface area contributed by atoms with Gasteiger partial charge in [0, 0.05) is 18.3 Å². The van der Waals surface area contributed by atoms with E-state index in [0.717, 1.165) is 0 Å². The fourth-order valence-electron chi connectivity index (χ4n) is 0.701. The Hall–Kier alpha value is -0.615. The molecule has 0 aromatic heterocycles. The van der Waals surface area contributed by atoms with E-state index < -0.39 is 13.2 Å². The summed E-state index contributed by atoms with van der Waals surface area (Å²) in [6.45, 7) is 1.50. The molecule has 0 heterocycles. The standard InChI is InChI=1S/C5H12BNO4/c1-5(7(10)11)3-2-4-6(8)9/h5,8-9H,2-4H2,1H3. The molecule has 0 bridgehead atoms. The van der Waals surface area contributed by atoms with Gasteiger partial charge in [0.25, 0.3) is 0 Å². The predicted molar refractivity (Wildman–Crippen MR) is 40.7 cm³/mol. The second kappa shape index (κ2) is 5.09. The van der Waals surface area contributed by atoms with E-state index in [2.05, 4.69) is 0 Å². The Morgan fingerprint density at radius 1 is 1.64 bits per heavy atom. The highest BCUT2D eigenvalue weighted by Gasteiger charge is 2.14. The first-order valence-electron chi connectivity index (χ1n) is 3.53. The third-order valence-electron chi connectivity index (χ3n) is 1.44. The van der Waals surface area contributed by atoms with Gasteiger partial charge < -0.3 is 10.0 Å². The van der Waals surface area contributed by atoms with Gasteiger partial charge in [-0.15, -0.1) is 0 Å². The molecule has 0 aliphatic heterocycles. The molecule has 0 aromatic rings. The minimum Gasteiger partial charge on any atom is -0.427 e. The molecule has 11 heavy (non-hydrogen) atoms. The topological polar surface area (TPSA) is 83.6 Å². The number of hydrogen-bond acceptors (Lipinski definition) is 4. The smallest absolute Gasteiger partial charge is 0.427 e. The first kappa shape index (κ1) is 10.4. The van der Waals surface area contributed by atoms with Crippen LogP contribution in [0.15, 0.2) is 0 Å². The van der Waals surface area contributed by atoms with Gasteiger partial charge in [0.05, 0.1) is 0 Å². The molecule has 1 unspecified atom stereocenters. The molecular formula is C5H12BNO4. The minimum absolute atomic E-state index is 0.207. The molecule has 0 saturated heterocycles. The van der Waals surface area contributed by atoms with Crippen LogP contribution in [0.1, 0.15) is 19.8 Å². The van der Waals surface area contributed by atoms with E-state index in [1.165, 1.54) is 6.92 Å². The van der Waals surface area contributed by atoms with E-state index in [1.54, 1.807) is 0 Å². The second-order valence-corrected chi connectivity index (χ2v) is 2.55. The van der Waals surface area contributed by atoms with Gasteiger partial charge in [-0.1, -0.05) is 0 Å². The summed E-state index contributed by atoms with van der Waals surface area (Å²) in [6.07, 6.45) is 1.07. The zero-order valence-corrected chi connectivity index (χ0v) is 6.43. The summed E-state index contributed by atoms with van der Waals surface area (Å²) in [7, 11) is -1.34. The maximum atomic E-state index is 10.1. The third kappa shape index (κ3) is 5.81. The van der Waals surface area contributed by atoms with Gasteiger partial charge in [-0.2, -0.15) is 0 Å². The largest absolute Gasteiger partial charge is 0.451 e. The Labute approximate surface area is 65.3 Å². The molecule has 0 aliphatic rings. The fraction of sp³-hybridized carbons (Fsp3) is 1.00. The van der Waals surface area contributed by atoms with Crippen LogP contribution in [0, 0.1) is 10.1 Å². The summed E-state index contributed by atoms with van der Waals surface area (Å²) in [5.41, 5.74) is 0.